The van der Waals surface area contributed by atoms with Gasteiger partial charge in [0.1, 0.15) is 5.75 Å². The Kier molecular flexibility index (Phi) is 5.31. The molecule has 0 bridgehead atoms. The highest BCUT2D eigenvalue weighted by molar-refractivity contribution is 5.35. The zero-order valence-electron chi connectivity index (χ0n) is 16.0. The molecule has 2 fully saturated rings. The molecule has 4 rings (SSSR count). The Labute approximate surface area is 158 Å². The number of likely N-dealkylation sites (tertiary alicyclic amines) is 1. The number of nitrogens with zero attached hydrogens (tertiary/aromatic N) is 1. The lowest BCUT2D eigenvalue weighted by Crippen LogP contribution is -2.38. The molecule has 2 aliphatic rings. The Balaban J connectivity index is 1.58. The van der Waals surface area contributed by atoms with Gasteiger partial charge in [-0.05, 0) is 73.4 Å². The maximum atomic E-state index is 5.54. The number of hydrogen-bond acceptors (Lipinski definition) is 2. The molecule has 0 aromatic heterocycles. The summed E-state index contributed by atoms with van der Waals surface area (Å²) in [7, 11) is 1.78. The molecule has 26 heavy (non-hydrogen) atoms. The van der Waals surface area contributed by atoms with Crippen molar-refractivity contribution in [3.8, 4) is 5.75 Å². The fraction of sp³-hybridized carbons (Fsp3) is 0.500. The molecule has 1 heterocycles. The number of hydrogen-bond donors (Lipinski definition) is 0. The molecule has 2 heteroatoms. The van der Waals surface area contributed by atoms with Gasteiger partial charge in [-0.3, -0.25) is 4.90 Å². The largest absolute Gasteiger partial charge is 0.497 e. The molecule has 0 radical (unpaired) electrons. The molecular weight excluding hydrogens is 318 g/mol. The maximum absolute atomic E-state index is 5.54. The van der Waals surface area contributed by atoms with Gasteiger partial charge in [-0.2, -0.15) is 0 Å². The minimum absolute atomic E-state index is 0.345. The van der Waals surface area contributed by atoms with E-state index in [0.717, 1.165) is 18.2 Å². The third-order valence-corrected chi connectivity index (χ3v) is 6.77. The monoisotopic (exact) mass is 349 g/mol. The molecule has 1 saturated carbocycles. The van der Waals surface area contributed by atoms with Crippen molar-refractivity contribution in [2.45, 2.75) is 50.5 Å². The van der Waals surface area contributed by atoms with Crippen LogP contribution in [0.25, 0.3) is 0 Å². The van der Waals surface area contributed by atoms with Crippen LogP contribution < -0.4 is 4.74 Å². The van der Waals surface area contributed by atoms with E-state index >= 15 is 0 Å². The van der Waals surface area contributed by atoms with E-state index in [1.165, 1.54) is 62.7 Å². The highest BCUT2D eigenvalue weighted by atomic mass is 16.5. The fourth-order valence-electron chi connectivity index (χ4n) is 5.33. The Morgan fingerprint density at radius 3 is 2.69 bits per heavy atom. The summed E-state index contributed by atoms with van der Waals surface area (Å²) >= 11 is 0. The van der Waals surface area contributed by atoms with Crippen molar-refractivity contribution in [3.05, 3.63) is 65.7 Å². The second kappa shape index (κ2) is 7.84. The lowest BCUT2D eigenvalue weighted by molar-refractivity contribution is 0.176. The Morgan fingerprint density at radius 2 is 1.85 bits per heavy atom. The van der Waals surface area contributed by atoms with Crippen LogP contribution in [0, 0.1) is 5.92 Å². The average Bonchev–Trinajstić information content (AvgIpc) is 2.89. The highest BCUT2D eigenvalue weighted by Gasteiger charge is 2.43. The lowest BCUT2D eigenvalue weighted by atomic mass is 9.60. The highest BCUT2D eigenvalue weighted by Crippen LogP contribution is 2.49. The van der Waals surface area contributed by atoms with Crippen LogP contribution >= 0.6 is 0 Å². The zero-order valence-corrected chi connectivity index (χ0v) is 16.0. The quantitative estimate of drug-likeness (QED) is 0.731. The van der Waals surface area contributed by atoms with Crippen LogP contribution in [0.15, 0.2) is 54.6 Å². The van der Waals surface area contributed by atoms with Crippen LogP contribution in [-0.2, 0) is 12.0 Å². The van der Waals surface area contributed by atoms with Gasteiger partial charge in [-0.1, -0.05) is 55.3 Å². The van der Waals surface area contributed by atoms with Crippen LogP contribution in [0.4, 0.5) is 0 Å². The van der Waals surface area contributed by atoms with Crippen LogP contribution in [-0.4, -0.2) is 25.1 Å². The summed E-state index contributed by atoms with van der Waals surface area (Å²) in [6.45, 7) is 3.51. The summed E-state index contributed by atoms with van der Waals surface area (Å²) in [6.07, 6.45) is 8.09. The van der Waals surface area contributed by atoms with Crippen molar-refractivity contribution in [2.24, 2.45) is 5.92 Å². The van der Waals surface area contributed by atoms with Gasteiger partial charge < -0.3 is 4.74 Å². The first-order valence-corrected chi connectivity index (χ1v) is 10.2. The summed E-state index contributed by atoms with van der Waals surface area (Å²) < 4.78 is 5.54. The molecule has 0 spiro atoms. The van der Waals surface area contributed by atoms with Crippen LogP contribution in [0.3, 0.4) is 0 Å². The Hall–Kier alpha value is -1.80. The summed E-state index contributed by atoms with van der Waals surface area (Å²) in [5.41, 5.74) is 3.30. The summed E-state index contributed by atoms with van der Waals surface area (Å²) in [4.78, 5) is 2.68. The van der Waals surface area contributed by atoms with Crippen molar-refractivity contribution in [3.63, 3.8) is 0 Å². The van der Waals surface area contributed by atoms with Crippen molar-refractivity contribution < 1.29 is 4.74 Å². The molecule has 0 amide bonds. The van der Waals surface area contributed by atoms with Crippen LogP contribution in [0.2, 0.25) is 0 Å². The SMILES string of the molecule is COc1cccc([C@@]23CCCC[C@H]2CCN(Cc2ccccc2)CC3)c1. The number of fused-ring (bicyclic) bond motifs is 1. The molecular formula is C24H31NO. The third-order valence-electron chi connectivity index (χ3n) is 6.77. The molecule has 1 saturated heterocycles. The Bertz CT molecular complexity index is 713. The van der Waals surface area contributed by atoms with Gasteiger partial charge >= 0.3 is 0 Å². The number of benzene rings is 2. The predicted octanol–water partition coefficient (Wildman–Crippen LogP) is 5.42. The second-order valence-corrected chi connectivity index (χ2v) is 8.13. The number of ether oxygens (including phenoxy) is 1. The minimum Gasteiger partial charge on any atom is -0.497 e. The molecule has 2 aromatic rings. The van der Waals surface area contributed by atoms with E-state index in [4.69, 9.17) is 4.74 Å². The van der Waals surface area contributed by atoms with Gasteiger partial charge in [0, 0.05) is 6.54 Å². The number of methoxy groups -OCH3 is 1. The van der Waals surface area contributed by atoms with Crippen molar-refractivity contribution in [2.75, 3.05) is 20.2 Å². The number of rotatable bonds is 4. The smallest absolute Gasteiger partial charge is 0.119 e. The fourth-order valence-corrected chi connectivity index (χ4v) is 5.33. The van der Waals surface area contributed by atoms with E-state index in [1.807, 2.05) is 0 Å². The van der Waals surface area contributed by atoms with Gasteiger partial charge in [0.25, 0.3) is 0 Å². The normalized spacial score (nSPS) is 26.7. The second-order valence-electron chi connectivity index (χ2n) is 8.13. The molecule has 2 atom stereocenters. The topological polar surface area (TPSA) is 12.5 Å². The molecule has 2 aromatic carbocycles. The van der Waals surface area contributed by atoms with Crippen LogP contribution in [0.5, 0.6) is 5.75 Å². The molecule has 138 valence electrons. The van der Waals surface area contributed by atoms with Gasteiger partial charge in [0.05, 0.1) is 7.11 Å². The van der Waals surface area contributed by atoms with E-state index in [0.29, 0.717) is 5.41 Å². The standard InChI is InChI=1S/C24H31NO/c1-26-23-12-7-11-22(18-23)24-14-6-5-10-21(24)13-16-25(17-15-24)19-20-8-3-2-4-9-20/h2-4,7-9,11-12,18,21H,5-6,10,13-17,19H2,1H3/t21-,24+/m0/s1. The first-order valence-electron chi connectivity index (χ1n) is 10.2. The first-order chi connectivity index (χ1) is 12.8. The molecule has 2 nitrogen and oxygen atoms in total. The average molecular weight is 350 g/mol. The molecule has 0 unspecified atom stereocenters. The maximum Gasteiger partial charge on any atom is 0.119 e. The molecule has 1 aliphatic heterocycles. The van der Waals surface area contributed by atoms with Gasteiger partial charge in [-0.25, -0.2) is 0 Å². The van der Waals surface area contributed by atoms with Gasteiger partial charge in [-0.15, -0.1) is 0 Å². The third kappa shape index (κ3) is 3.53. The minimum atomic E-state index is 0.345. The van der Waals surface area contributed by atoms with Crippen LogP contribution in [0.1, 0.15) is 49.7 Å². The van der Waals surface area contributed by atoms with Gasteiger partial charge in [0.15, 0.2) is 0 Å². The molecule has 1 aliphatic carbocycles. The lowest BCUT2D eigenvalue weighted by Gasteiger charge is -2.44. The van der Waals surface area contributed by atoms with Gasteiger partial charge in [0.2, 0.25) is 0 Å². The Morgan fingerprint density at radius 1 is 0.962 bits per heavy atom. The zero-order chi connectivity index (χ0) is 17.8. The predicted molar refractivity (Wildman–Crippen MR) is 108 cm³/mol. The van der Waals surface area contributed by atoms with E-state index in [-0.39, 0.29) is 0 Å². The van der Waals surface area contributed by atoms with Crippen molar-refractivity contribution in [1.29, 1.82) is 0 Å². The van der Waals surface area contributed by atoms with E-state index in [2.05, 4.69) is 59.5 Å². The van der Waals surface area contributed by atoms with E-state index in [9.17, 15) is 0 Å². The summed E-state index contributed by atoms with van der Waals surface area (Å²) in [6, 6.07) is 19.9. The summed E-state index contributed by atoms with van der Waals surface area (Å²) in [5, 5.41) is 0. The van der Waals surface area contributed by atoms with E-state index < -0.39 is 0 Å². The van der Waals surface area contributed by atoms with E-state index in [1.54, 1.807) is 7.11 Å². The first kappa shape index (κ1) is 17.6. The summed E-state index contributed by atoms with van der Waals surface area (Å²) in [5.74, 6) is 1.82. The van der Waals surface area contributed by atoms with Crippen molar-refractivity contribution in [1.82, 2.24) is 4.90 Å². The van der Waals surface area contributed by atoms with Crippen molar-refractivity contribution >= 4 is 0 Å². The molecule has 0 N–H and O–H groups in total.